The van der Waals surface area contributed by atoms with Crippen LogP contribution in [0, 0.1) is 12.3 Å². The van der Waals surface area contributed by atoms with Gasteiger partial charge >= 0.3 is 6.03 Å². The standard InChI is InChI=1S/C20H25N3O5/c1-12-4-6-13(7-5-12)23-18(27)17-14(21-19(23)28)8-9-22(17)15(24)10-20(2,3)11-16(25)26/h4-7,14,17H,8-11H2,1-3H3,(H,21,28)(H,25,26)/p-1/t14-,17+/m1/s1. The number of rotatable bonds is 5. The lowest BCUT2D eigenvalue weighted by molar-refractivity contribution is -0.307. The van der Waals surface area contributed by atoms with E-state index in [0.717, 1.165) is 10.5 Å². The maximum absolute atomic E-state index is 13.1. The van der Waals surface area contributed by atoms with Gasteiger partial charge < -0.3 is 20.1 Å². The van der Waals surface area contributed by atoms with E-state index < -0.39 is 35.4 Å². The number of imide groups is 1. The molecule has 0 bridgehead atoms. The van der Waals surface area contributed by atoms with Gasteiger partial charge in [0, 0.05) is 18.9 Å². The molecule has 0 aromatic heterocycles. The molecule has 0 radical (unpaired) electrons. The summed E-state index contributed by atoms with van der Waals surface area (Å²) in [5, 5.41) is 13.7. The molecule has 2 atom stereocenters. The number of anilines is 1. The third kappa shape index (κ3) is 3.85. The van der Waals surface area contributed by atoms with Gasteiger partial charge in [0.15, 0.2) is 0 Å². The van der Waals surface area contributed by atoms with Gasteiger partial charge in [-0.15, -0.1) is 0 Å². The van der Waals surface area contributed by atoms with Gasteiger partial charge in [0.2, 0.25) is 5.91 Å². The first kappa shape index (κ1) is 19.9. The Kier molecular flexibility index (Phi) is 5.14. The lowest BCUT2D eigenvalue weighted by Crippen LogP contribution is -2.65. The van der Waals surface area contributed by atoms with Crippen LogP contribution in [0.5, 0.6) is 0 Å². The van der Waals surface area contributed by atoms with Crippen molar-refractivity contribution in [2.24, 2.45) is 5.41 Å². The molecule has 0 aliphatic carbocycles. The Morgan fingerprint density at radius 1 is 1.18 bits per heavy atom. The Morgan fingerprint density at radius 2 is 1.82 bits per heavy atom. The summed E-state index contributed by atoms with van der Waals surface area (Å²) >= 11 is 0. The van der Waals surface area contributed by atoms with E-state index in [1.807, 2.05) is 19.1 Å². The van der Waals surface area contributed by atoms with Crippen LogP contribution >= 0.6 is 0 Å². The molecule has 0 spiro atoms. The molecular weight excluding hydrogens is 362 g/mol. The number of fused-ring (bicyclic) bond motifs is 1. The van der Waals surface area contributed by atoms with Crippen molar-refractivity contribution in [1.82, 2.24) is 10.2 Å². The van der Waals surface area contributed by atoms with Gasteiger partial charge in [-0.3, -0.25) is 9.59 Å². The molecule has 8 nitrogen and oxygen atoms in total. The highest BCUT2D eigenvalue weighted by Gasteiger charge is 2.50. The maximum atomic E-state index is 13.1. The summed E-state index contributed by atoms with van der Waals surface area (Å²) in [5.74, 6) is -1.96. The number of amides is 4. The van der Waals surface area contributed by atoms with Crippen LogP contribution in [0.3, 0.4) is 0 Å². The fourth-order valence-electron chi connectivity index (χ4n) is 3.89. The SMILES string of the molecule is Cc1ccc(N2C(=O)N[C@@H]3CCN(C(=O)CC(C)(C)CC(=O)[O-])[C@@H]3C2=O)cc1. The van der Waals surface area contributed by atoms with Crippen molar-refractivity contribution in [3.05, 3.63) is 29.8 Å². The van der Waals surface area contributed by atoms with Crippen molar-refractivity contribution in [2.75, 3.05) is 11.4 Å². The first-order chi connectivity index (χ1) is 13.1. The summed E-state index contributed by atoms with van der Waals surface area (Å²) in [6.07, 6.45) is 0.216. The minimum atomic E-state index is -1.22. The van der Waals surface area contributed by atoms with Crippen LogP contribution < -0.4 is 15.3 Å². The second kappa shape index (κ2) is 7.26. The highest BCUT2D eigenvalue weighted by Crippen LogP contribution is 2.31. The molecule has 1 N–H and O–H groups in total. The molecule has 0 unspecified atom stereocenters. The van der Waals surface area contributed by atoms with Gasteiger partial charge in [-0.2, -0.15) is 0 Å². The summed E-state index contributed by atoms with van der Waals surface area (Å²) in [6.45, 7) is 5.60. The average Bonchev–Trinajstić information content (AvgIpc) is 2.99. The van der Waals surface area contributed by atoms with Crippen molar-refractivity contribution >= 4 is 29.5 Å². The monoisotopic (exact) mass is 386 g/mol. The number of nitrogens with zero attached hydrogens (tertiary/aromatic N) is 2. The Bertz CT molecular complexity index is 818. The summed E-state index contributed by atoms with van der Waals surface area (Å²) in [5.41, 5.74) is 0.661. The minimum absolute atomic E-state index is 0.0179. The molecule has 4 amide bonds. The van der Waals surface area contributed by atoms with Crippen LogP contribution in [0.4, 0.5) is 10.5 Å². The van der Waals surface area contributed by atoms with Gasteiger partial charge in [-0.05, 0) is 37.3 Å². The molecule has 8 heteroatoms. The van der Waals surface area contributed by atoms with E-state index in [1.54, 1.807) is 26.0 Å². The highest BCUT2D eigenvalue weighted by atomic mass is 16.4. The zero-order valence-electron chi connectivity index (χ0n) is 16.2. The van der Waals surface area contributed by atoms with Crippen LogP contribution in [-0.4, -0.2) is 47.3 Å². The minimum Gasteiger partial charge on any atom is -0.550 e. The molecule has 2 heterocycles. The Labute approximate surface area is 163 Å². The van der Waals surface area contributed by atoms with Gasteiger partial charge in [0.25, 0.3) is 5.91 Å². The molecule has 2 saturated heterocycles. The Hall–Kier alpha value is -2.90. The van der Waals surface area contributed by atoms with E-state index in [2.05, 4.69) is 5.32 Å². The average molecular weight is 386 g/mol. The lowest BCUT2D eigenvalue weighted by atomic mass is 9.85. The topological polar surface area (TPSA) is 110 Å². The largest absolute Gasteiger partial charge is 0.550 e. The number of likely N-dealkylation sites (tertiary alicyclic amines) is 1. The predicted octanol–water partition coefficient (Wildman–Crippen LogP) is 0.577. The van der Waals surface area contributed by atoms with Crippen LogP contribution in [-0.2, 0) is 14.4 Å². The van der Waals surface area contributed by atoms with Crippen LogP contribution in [0.2, 0.25) is 0 Å². The van der Waals surface area contributed by atoms with E-state index in [4.69, 9.17) is 0 Å². The van der Waals surface area contributed by atoms with E-state index >= 15 is 0 Å². The molecule has 3 rings (SSSR count). The summed E-state index contributed by atoms with van der Waals surface area (Å²) < 4.78 is 0. The number of nitrogens with one attached hydrogen (secondary N) is 1. The van der Waals surface area contributed by atoms with Crippen molar-refractivity contribution < 1.29 is 24.3 Å². The van der Waals surface area contributed by atoms with Gasteiger partial charge in [0.1, 0.15) is 6.04 Å². The second-order valence-electron chi connectivity index (χ2n) is 8.28. The van der Waals surface area contributed by atoms with Crippen LogP contribution in [0.1, 0.15) is 38.7 Å². The molecule has 28 heavy (non-hydrogen) atoms. The van der Waals surface area contributed by atoms with E-state index in [0.29, 0.717) is 18.7 Å². The van der Waals surface area contributed by atoms with E-state index in [-0.39, 0.29) is 18.7 Å². The quantitative estimate of drug-likeness (QED) is 0.796. The molecule has 2 fully saturated rings. The molecule has 150 valence electrons. The number of carbonyl (C=O) groups is 4. The zero-order chi connectivity index (χ0) is 20.6. The summed E-state index contributed by atoms with van der Waals surface area (Å²) in [6, 6.07) is 5.28. The first-order valence-electron chi connectivity index (χ1n) is 9.29. The van der Waals surface area contributed by atoms with Crippen molar-refractivity contribution in [3.63, 3.8) is 0 Å². The fraction of sp³-hybridized carbons (Fsp3) is 0.500. The van der Waals surface area contributed by atoms with Gasteiger partial charge in [0.05, 0.1) is 11.7 Å². The fourth-order valence-corrected chi connectivity index (χ4v) is 3.89. The number of carboxylic acid groups (broad SMARTS) is 1. The molecule has 0 saturated carbocycles. The number of hydrogen-bond acceptors (Lipinski definition) is 5. The number of carboxylic acids is 1. The van der Waals surface area contributed by atoms with E-state index in [1.165, 1.54) is 4.90 Å². The third-order valence-corrected chi connectivity index (χ3v) is 5.25. The first-order valence-corrected chi connectivity index (χ1v) is 9.29. The highest BCUT2D eigenvalue weighted by molar-refractivity contribution is 6.19. The Morgan fingerprint density at radius 3 is 2.43 bits per heavy atom. The smallest absolute Gasteiger partial charge is 0.329 e. The number of aliphatic carboxylic acids is 1. The maximum Gasteiger partial charge on any atom is 0.329 e. The number of benzene rings is 1. The van der Waals surface area contributed by atoms with Crippen LogP contribution in [0.25, 0.3) is 0 Å². The Balaban J connectivity index is 1.81. The van der Waals surface area contributed by atoms with Crippen molar-refractivity contribution in [1.29, 1.82) is 0 Å². The number of hydrogen-bond donors (Lipinski definition) is 1. The van der Waals surface area contributed by atoms with Crippen molar-refractivity contribution in [2.45, 2.75) is 52.1 Å². The molecule has 2 aliphatic heterocycles. The second-order valence-corrected chi connectivity index (χ2v) is 8.28. The number of aryl methyl sites for hydroxylation is 1. The molecule has 2 aliphatic rings. The van der Waals surface area contributed by atoms with Crippen LogP contribution in [0.15, 0.2) is 24.3 Å². The van der Waals surface area contributed by atoms with Gasteiger partial charge in [-0.1, -0.05) is 31.5 Å². The lowest BCUT2D eigenvalue weighted by Gasteiger charge is -2.37. The summed E-state index contributed by atoms with van der Waals surface area (Å²) in [7, 11) is 0. The number of carbonyl (C=O) groups excluding carboxylic acids is 4. The zero-order valence-corrected chi connectivity index (χ0v) is 16.2. The number of urea groups is 1. The van der Waals surface area contributed by atoms with E-state index in [9.17, 15) is 24.3 Å². The normalized spacial score (nSPS) is 22.1. The predicted molar refractivity (Wildman–Crippen MR) is 99.1 cm³/mol. The molecular formula is C20H24N3O5-. The van der Waals surface area contributed by atoms with Crippen molar-refractivity contribution in [3.8, 4) is 0 Å². The third-order valence-electron chi connectivity index (χ3n) is 5.25. The molecule has 1 aromatic rings. The molecule has 1 aromatic carbocycles. The van der Waals surface area contributed by atoms with Gasteiger partial charge in [-0.25, -0.2) is 9.69 Å². The summed E-state index contributed by atoms with van der Waals surface area (Å²) in [4.78, 5) is 51.9.